The molecule has 1 amide bonds. The number of ether oxygens (including phenoxy) is 3. The fraction of sp³-hybridized carbons (Fsp3) is 0.344. The number of fused-ring (bicyclic) bond motifs is 3. The summed E-state index contributed by atoms with van der Waals surface area (Å²) in [5, 5.41) is 4.36. The van der Waals surface area contributed by atoms with E-state index in [0.717, 1.165) is 47.1 Å². The monoisotopic (exact) mass is 556 g/mol. The molecule has 0 fully saturated rings. The van der Waals surface area contributed by atoms with Crippen LogP contribution in [0.3, 0.4) is 0 Å². The van der Waals surface area contributed by atoms with Gasteiger partial charge in [-0.15, -0.1) is 11.3 Å². The summed E-state index contributed by atoms with van der Waals surface area (Å²) in [7, 11) is 1.39. The number of thiophene rings is 1. The van der Waals surface area contributed by atoms with Crippen LogP contribution in [-0.4, -0.2) is 30.8 Å². The summed E-state index contributed by atoms with van der Waals surface area (Å²) in [5.41, 5.74) is 4.34. The summed E-state index contributed by atoms with van der Waals surface area (Å²) >= 11 is 1.50. The molecule has 8 heteroatoms. The first-order valence-corrected chi connectivity index (χ1v) is 14.4. The van der Waals surface area contributed by atoms with Crippen molar-refractivity contribution < 1.29 is 23.8 Å². The number of nitrogens with one attached hydrogen (secondary N) is 1. The predicted molar refractivity (Wildman–Crippen MR) is 157 cm³/mol. The molecule has 1 unspecified atom stereocenters. The summed E-state index contributed by atoms with van der Waals surface area (Å²) in [6, 6.07) is 15.0. The van der Waals surface area contributed by atoms with Gasteiger partial charge in [0, 0.05) is 15.8 Å². The van der Waals surface area contributed by atoms with Crippen LogP contribution >= 0.6 is 11.3 Å². The Morgan fingerprint density at radius 3 is 2.73 bits per heavy atom. The number of esters is 1. The normalized spacial score (nSPS) is 16.1. The molecule has 1 aliphatic heterocycles. The highest BCUT2D eigenvalue weighted by Gasteiger charge is 2.36. The van der Waals surface area contributed by atoms with E-state index in [0.29, 0.717) is 44.8 Å². The molecule has 3 heterocycles. The number of benzene rings is 2. The number of hydrogen-bond acceptors (Lipinski definition) is 7. The third-order valence-corrected chi connectivity index (χ3v) is 9.70. The zero-order chi connectivity index (χ0) is 28.0. The fourth-order valence-electron chi connectivity index (χ4n) is 5.69. The molecular formula is C32H32N2O5S. The Labute approximate surface area is 237 Å². The van der Waals surface area contributed by atoms with E-state index in [9.17, 15) is 9.59 Å². The van der Waals surface area contributed by atoms with Gasteiger partial charge >= 0.3 is 5.97 Å². The minimum atomic E-state index is -0.415. The van der Waals surface area contributed by atoms with Crippen LogP contribution in [0.5, 0.6) is 11.5 Å². The van der Waals surface area contributed by atoms with Crippen LogP contribution < -0.4 is 14.8 Å². The highest BCUT2D eigenvalue weighted by Crippen LogP contribution is 2.46. The van der Waals surface area contributed by atoms with Crippen LogP contribution in [0, 0.1) is 11.3 Å². The SMILES string of the molecule is CCC(C)(C)C1CCc2c(sc(NC(=O)c3cc(-c4ccc5c(c4)OCO5)nc4ccccc34)c2C(=O)OC)C1. The van der Waals surface area contributed by atoms with E-state index in [1.54, 1.807) is 6.07 Å². The number of amides is 1. The maximum absolute atomic E-state index is 13.9. The van der Waals surface area contributed by atoms with Crippen molar-refractivity contribution >= 4 is 39.1 Å². The maximum atomic E-state index is 13.9. The molecule has 2 aromatic carbocycles. The maximum Gasteiger partial charge on any atom is 0.341 e. The van der Waals surface area contributed by atoms with Gasteiger partial charge in [-0.2, -0.15) is 0 Å². The number of aromatic nitrogens is 1. The summed E-state index contributed by atoms with van der Waals surface area (Å²) in [6.07, 6.45) is 3.79. The Morgan fingerprint density at radius 2 is 1.93 bits per heavy atom. The summed E-state index contributed by atoms with van der Waals surface area (Å²) in [5.74, 6) is 1.14. The molecule has 1 atom stereocenters. The van der Waals surface area contributed by atoms with Crippen molar-refractivity contribution in [3.8, 4) is 22.8 Å². The molecule has 1 N–H and O–H groups in total. The van der Waals surface area contributed by atoms with Gasteiger partial charge in [0.05, 0.1) is 29.4 Å². The largest absolute Gasteiger partial charge is 0.465 e. The van der Waals surface area contributed by atoms with Crippen molar-refractivity contribution in [3.05, 3.63) is 70.1 Å². The van der Waals surface area contributed by atoms with Crippen molar-refractivity contribution in [2.75, 3.05) is 19.2 Å². The lowest BCUT2D eigenvalue weighted by Crippen LogP contribution is -2.28. The predicted octanol–water partition coefficient (Wildman–Crippen LogP) is 7.27. The Morgan fingerprint density at radius 1 is 1.12 bits per heavy atom. The molecule has 40 heavy (non-hydrogen) atoms. The lowest BCUT2D eigenvalue weighted by atomic mass is 9.69. The van der Waals surface area contributed by atoms with E-state index < -0.39 is 5.97 Å². The zero-order valence-electron chi connectivity index (χ0n) is 23.1. The standard InChI is InChI=1S/C32H32N2O5S/c1-5-32(2,3)19-11-12-21-27(15-19)40-30(28(21)31(36)37-4)34-29(35)22-16-24(33-23-9-7-6-8-20(22)23)18-10-13-25-26(14-18)39-17-38-25/h6-10,13-14,16,19H,5,11-12,15,17H2,1-4H3,(H,34,35). The van der Waals surface area contributed by atoms with Crippen LogP contribution in [0.1, 0.15) is 64.8 Å². The van der Waals surface area contributed by atoms with Gasteiger partial charge in [-0.05, 0) is 66.5 Å². The molecule has 0 saturated carbocycles. The van der Waals surface area contributed by atoms with E-state index in [1.165, 1.54) is 18.4 Å². The number of rotatable bonds is 6. The number of para-hydroxylation sites is 1. The van der Waals surface area contributed by atoms with Gasteiger partial charge < -0.3 is 19.5 Å². The highest BCUT2D eigenvalue weighted by molar-refractivity contribution is 7.17. The number of anilines is 1. The third-order valence-electron chi connectivity index (χ3n) is 8.53. The minimum absolute atomic E-state index is 0.182. The molecule has 2 aromatic heterocycles. The summed E-state index contributed by atoms with van der Waals surface area (Å²) in [4.78, 5) is 32.9. The second kappa shape index (κ2) is 10.2. The number of hydrogen-bond donors (Lipinski definition) is 1. The van der Waals surface area contributed by atoms with Gasteiger partial charge in [-0.25, -0.2) is 9.78 Å². The average Bonchev–Trinajstić information content (AvgIpc) is 3.59. The summed E-state index contributed by atoms with van der Waals surface area (Å²) < 4.78 is 16.2. The molecule has 2 aliphatic rings. The second-order valence-electron chi connectivity index (χ2n) is 11.1. The molecule has 0 radical (unpaired) electrons. The molecule has 7 nitrogen and oxygen atoms in total. The first-order chi connectivity index (χ1) is 19.3. The van der Waals surface area contributed by atoms with Gasteiger partial charge in [-0.3, -0.25) is 4.79 Å². The average molecular weight is 557 g/mol. The molecule has 0 spiro atoms. The second-order valence-corrected chi connectivity index (χ2v) is 12.2. The highest BCUT2D eigenvalue weighted by atomic mass is 32.1. The van der Waals surface area contributed by atoms with E-state index in [4.69, 9.17) is 19.2 Å². The Bertz CT molecular complexity index is 1640. The number of pyridine rings is 1. The topological polar surface area (TPSA) is 86.8 Å². The lowest BCUT2D eigenvalue weighted by Gasteiger charge is -2.36. The van der Waals surface area contributed by atoms with Crippen LogP contribution in [0.25, 0.3) is 22.2 Å². The van der Waals surface area contributed by atoms with Crippen LogP contribution in [0.4, 0.5) is 5.00 Å². The molecular weight excluding hydrogens is 524 g/mol. The van der Waals surface area contributed by atoms with Crippen LogP contribution in [0.15, 0.2) is 48.5 Å². The van der Waals surface area contributed by atoms with E-state index >= 15 is 0 Å². The number of nitrogens with zero attached hydrogens (tertiary/aromatic N) is 1. The molecule has 0 bridgehead atoms. The molecule has 6 rings (SSSR count). The Kier molecular flexibility index (Phi) is 6.74. The quantitative estimate of drug-likeness (QED) is 0.251. The van der Waals surface area contributed by atoms with Crippen molar-refractivity contribution in [1.82, 2.24) is 4.98 Å². The number of carbonyl (C=O) groups excluding carboxylic acids is 2. The Balaban J connectivity index is 1.39. The first kappa shape index (κ1) is 26.3. The molecule has 4 aromatic rings. The third kappa shape index (κ3) is 4.60. The number of methoxy groups -OCH3 is 1. The van der Waals surface area contributed by atoms with Crippen molar-refractivity contribution in [1.29, 1.82) is 0 Å². The molecule has 1 aliphatic carbocycles. The van der Waals surface area contributed by atoms with Crippen molar-refractivity contribution in [2.45, 2.75) is 46.5 Å². The van der Waals surface area contributed by atoms with Gasteiger partial charge in [0.15, 0.2) is 11.5 Å². The summed E-state index contributed by atoms with van der Waals surface area (Å²) in [6.45, 7) is 7.03. The Hall–Kier alpha value is -3.91. The van der Waals surface area contributed by atoms with Gasteiger partial charge in [0.2, 0.25) is 6.79 Å². The molecule has 0 saturated heterocycles. The smallest absolute Gasteiger partial charge is 0.341 e. The minimum Gasteiger partial charge on any atom is -0.465 e. The number of carbonyl (C=O) groups is 2. The zero-order valence-corrected chi connectivity index (χ0v) is 23.9. The van der Waals surface area contributed by atoms with Gasteiger partial charge in [0.1, 0.15) is 5.00 Å². The lowest BCUT2D eigenvalue weighted by molar-refractivity contribution is 0.0600. The van der Waals surface area contributed by atoms with Gasteiger partial charge in [0.25, 0.3) is 5.91 Å². The van der Waals surface area contributed by atoms with E-state index in [2.05, 4.69) is 26.1 Å². The first-order valence-electron chi connectivity index (χ1n) is 13.6. The molecule has 206 valence electrons. The van der Waals surface area contributed by atoms with Crippen LogP contribution in [0.2, 0.25) is 0 Å². The van der Waals surface area contributed by atoms with Gasteiger partial charge in [-0.1, -0.05) is 45.4 Å². The van der Waals surface area contributed by atoms with E-state index in [-0.39, 0.29) is 18.1 Å². The van der Waals surface area contributed by atoms with Crippen molar-refractivity contribution in [3.63, 3.8) is 0 Å². The van der Waals surface area contributed by atoms with Crippen LogP contribution in [-0.2, 0) is 17.6 Å². The van der Waals surface area contributed by atoms with E-state index in [1.807, 2.05) is 42.5 Å². The van der Waals surface area contributed by atoms with Crippen molar-refractivity contribution in [2.24, 2.45) is 11.3 Å². The fourth-order valence-corrected chi connectivity index (χ4v) is 7.00.